The molecule has 1 nitrogen and oxygen atoms in total. The average molecular weight is 429 g/mol. The van der Waals surface area contributed by atoms with Gasteiger partial charge in [0.25, 0.3) is 0 Å². The van der Waals surface area contributed by atoms with Gasteiger partial charge in [-0.1, -0.05) is 48.5 Å². The van der Waals surface area contributed by atoms with E-state index in [1.54, 1.807) is 0 Å². The molecule has 0 spiro atoms. The maximum absolute atomic E-state index is 9.98. The Hall–Kier alpha value is -0.0400. The fourth-order valence-corrected chi connectivity index (χ4v) is 11.2. The molecule has 0 amide bonds. The lowest BCUT2D eigenvalue weighted by molar-refractivity contribution is -0.0987. The zero-order chi connectivity index (χ0) is 22.3. The molecule has 0 radical (unpaired) electrons. The van der Waals surface area contributed by atoms with Gasteiger partial charge in [-0.15, -0.1) is 0 Å². The molecule has 5 fully saturated rings. The van der Waals surface area contributed by atoms with Crippen molar-refractivity contribution in [2.24, 2.45) is 75.4 Å². The first-order valence-corrected chi connectivity index (χ1v) is 14.2. The molecular weight excluding hydrogens is 376 g/mol. The molecule has 0 saturated heterocycles. The summed E-state index contributed by atoms with van der Waals surface area (Å²) in [6.45, 7) is 18.5. The third-order valence-corrected chi connectivity index (χ3v) is 13.5. The molecule has 0 aromatic rings. The molecule has 5 aliphatic rings. The first kappa shape index (κ1) is 22.7. The van der Waals surface area contributed by atoms with E-state index in [1.165, 1.54) is 57.8 Å². The zero-order valence-corrected chi connectivity index (χ0v) is 21.8. The van der Waals surface area contributed by atoms with E-state index in [1.807, 2.05) is 0 Å². The summed E-state index contributed by atoms with van der Waals surface area (Å²) in [4.78, 5) is 0. The predicted molar refractivity (Wildman–Crippen MR) is 131 cm³/mol. The van der Waals surface area contributed by atoms with Gasteiger partial charge < -0.3 is 5.11 Å². The van der Waals surface area contributed by atoms with Gasteiger partial charge in [0.15, 0.2) is 0 Å². The Labute approximate surface area is 193 Å². The molecule has 1 heteroatoms. The van der Waals surface area contributed by atoms with Crippen molar-refractivity contribution in [3.63, 3.8) is 0 Å². The molecular formula is C30H52O. The molecule has 5 saturated carbocycles. The van der Waals surface area contributed by atoms with Crippen LogP contribution in [0.2, 0.25) is 0 Å². The van der Waals surface area contributed by atoms with Crippen LogP contribution in [0.5, 0.6) is 0 Å². The van der Waals surface area contributed by atoms with Crippen molar-refractivity contribution in [3.8, 4) is 0 Å². The van der Waals surface area contributed by atoms with Crippen LogP contribution in [-0.2, 0) is 0 Å². The number of rotatable bonds is 5. The van der Waals surface area contributed by atoms with Crippen molar-refractivity contribution >= 4 is 0 Å². The monoisotopic (exact) mass is 428 g/mol. The van der Waals surface area contributed by atoms with Gasteiger partial charge in [-0.05, 0) is 133 Å². The summed E-state index contributed by atoms with van der Waals surface area (Å²) in [7, 11) is 0. The van der Waals surface area contributed by atoms with Gasteiger partial charge in [0, 0.05) is 6.61 Å². The zero-order valence-electron chi connectivity index (χ0n) is 21.8. The largest absolute Gasteiger partial charge is 0.396 e. The maximum atomic E-state index is 9.98. The Kier molecular flexibility index (Phi) is 5.49. The Balaban J connectivity index is 1.33. The van der Waals surface area contributed by atoms with Crippen molar-refractivity contribution in [3.05, 3.63) is 0 Å². The second kappa shape index (κ2) is 7.48. The summed E-state index contributed by atoms with van der Waals surface area (Å²) < 4.78 is 0. The van der Waals surface area contributed by atoms with Crippen molar-refractivity contribution < 1.29 is 5.11 Å². The van der Waals surface area contributed by atoms with Gasteiger partial charge in [0.1, 0.15) is 0 Å². The van der Waals surface area contributed by atoms with E-state index >= 15 is 0 Å². The fraction of sp³-hybridized carbons (Fsp3) is 1.00. The number of fused-ring (bicyclic) bond motifs is 5. The van der Waals surface area contributed by atoms with Crippen LogP contribution in [0.1, 0.15) is 106 Å². The second-order valence-electron chi connectivity index (χ2n) is 14.5. The Morgan fingerprint density at radius 3 is 2.06 bits per heavy atom. The Morgan fingerprint density at radius 1 is 0.742 bits per heavy atom. The number of aliphatic hydroxyl groups is 1. The van der Waals surface area contributed by atoms with Gasteiger partial charge in [0.2, 0.25) is 0 Å². The van der Waals surface area contributed by atoms with Crippen LogP contribution < -0.4 is 0 Å². The minimum absolute atomic E-state index is 0.438. The van der Waals surface area contributed by atoms with Crippen LogP contribution in [0.4, 0.5) is 0 Å². The van der Waals surface area contributed by atoms with E-state index in [9.17, 15) is 5.11 Å². The van der Waals surface area contributed by atoms with E-state index < -0.39 is 0 Å². The summed E-state index contributed by atoms with van der Waals surface area (Å²) in [6.07, 6.45) is 13.0. The minimum Gasteiger partial charge on any atom is -0.396 e. The van der Waals surface area contributed by atoms with Crippen LogP contribution >= 0.6 is 0 Å². The van der Waals surface area contributed by atoms with E-state index in [2.05, 4.69) is 48.5 Å². The molecule has 0 aromatic heterocycles. The first-order valence-electron chi connectivity index (χ1n) is 14.2. The highest BCUT2D eigenvalue weighted by molar-refractivity contribution is 5.13. The third kappa shape index (κ3) is 3.10. The maximum Gasteiger partial charge on any atom is 0.0462 e. The summed E-state index contributed by atoms with van der Waals surface area (Å²) in [5.41, 5.74) is 1.74. The standard InChI is InChI=1S/C30H52O/c1-18(2)20(4)30(7)16-27(30)19(3)23-10-11-25-22-8-9-24-21(17-31)12-14-29(24,6)26(22)13-15-28(23,25)5/h18-27,31H,8-17H2,1-7H3/t19-,20+,21+,22-,23+,24-,25-,26-,27+,28+,29-,30-/m0/s1. The molecule has 31 heavy (non-hydrogen) atoms. The molecule has 12 atom stereocenters. The van der Waals surface area contributed by atoms with Crippen molar-refractivity contribution in [2.75, 3.05) is 6.61 Å². The van der Waals surface area contributed by atoms with E-state index in [-0.39, 0.29) is 0 Å². The van der Waals surface area contributed by atoms with Crippen LogP contribution in [0.3, 0.4) is 0 Å². The van der Waals surface area contributed by atoms with Gasteiger partial charge in [-0.3, -0.25) is 0 Å². The highest BCUT2D eigenvalue weighted by Gasteiger charge is 2.64. The highest BCUT2D eigenvalue weighted by atomic mass is 16.3. The number of hydrogen-bond acceptors (Lipinski definition) is 1. The van der Waals surface area contributed by atoms with Crippen molar-refractivity contribution in [2.45, 2.75) is 106 Å². The second-order valence-corrected chi connectivity index (χ2v) is 14.5. The minimum atomic E-state index is 0.438. The predicted octanol–water partition coefficient (Wildman–Crippen LogP) is 7.82. The molecule has 0 aliphatic heterocycles. The normalized spacial score (nSPS) is 55.5. The van der Waals surface area contributed by atoms with Crippen LogP contribution in [0, 0.1) is 75.4 Å². The van der Waals surface area contributed by atoms with Crippen molar-refractivity contribution in [1.29, 1.82) is 0 Å². The topological polar surface area (TPSA) is 20.2 Å². The number of hydrogen-bond donors (Lipinski definition) is 1. The molecule has 0 bridgehead atoms. The summed E-state index contributed by atoms with van der Waals surface area (Å²) >= 11 is 0. The average Bonchev–Trinajstić information content (AvgIpc) is 3.12. The summed E-state index contributed by atoms with van der Waals surface area (Å²) in [5.74, 6) is 8.84. The van der Waals surface area contributed by atoms with Gasteiger partial charge in [-0.2, -0.15) is 0 Å². The SMILES string of the molecule is CC(C)[C@@H](C)[C@]1(C)C[C@@H]1[C@@H](C)[C@H]1CC[C@H]2[C@@H]3CC[C@H]4[C@@H](CO)CC[C@]4(C)[C@H]3CC[C@]12C. The van der Waals surface area contributed by atoms with Crippen LogP contribution in [0.25, 0.3) is 0 Å². The quantitative estimate of drug-likeness (QED) is 0.473. The molecule has 5 rings (SSSR count). The Morgan fingerprint density at radius 2 is 1.39 bits per heavy atom. The lowest BCUT2D eigenvalue weighted by Gasteiger charge is -2.58. The first-order chi connectivity index (χ1) is 14.6. The molecule has 0 unspecified atom stereocenters. The molecule has 5 aliphatic carbocycles. The molecule has 0 heterocycles. The lowest BCUT2D eigenvalue weighted by atomic mass is 9.46. The van der Waals surface area contributed by atoms with E-state index in [4.69, 9.17) is 0 Å². The van der Waals surface area contributed by atoms with Gasteiger partial charge >= 0.3 is 0 Å². The molecule has 178 valence electrons. The fourth-order valence-electron chi connectivity index (χ4n) is 11.2. The van der Waals surface area contributed by atoms with Gasteiger partial charge in [0.05, 0.1) is 0 Å². The summed E-state index contributed by atoms with van der Waals surface area (Å²) in [5, 5.41) is 9.98. The summed E-state index contributed by atoms with van der Waals surface area (Å²) in [6, 6.07) is 0. The third-order valence-electron chi connectivity index (χ3n) is 13.5. The molecule has 1 N–H and O–H groups in total. The number of aliphatic hydroxyl groups excluding tert-OH is 1. The van der Waals surface area contributed by atoms with Crippen LogP contribution in [-0.4, -0.2) is 11.7 Å². The smallest absolute Gasteiger partial charge is 0.0462 e. The van der Waals surface area contributed by atoms with E-state index in [0.717, 1.165) is 53.3 Å². The lowest BCUT2D eigenvalue weighted by Crippen LogP contribution is -2.51. The van der Waals surface area contributed by atoms with Crippen molar-refractivity contribution in [1.82, 2.24) is 0 Å². The van der Waals surface area contributed by atoms with Gasteiger partial charge in [-0.25, -0.2) is 0 Å². The highest BCUT2D eigenvalue weighted by Crippen LogP contribution is 2.72. The molecule has 0 aromatic carbocycles. The van der Waals surface area contributed by atoms with Crippen LogP contribution in [0.15, 0.2) is 0 Å². The Bertz CT molecular complexity index is 684. The van der Waals surface area contributed by atoms with E-state index in [0.29, 0.717) is 28.8 Å².